The maximum Gasteiger partial charge on any atom is 0.358 e. The molecule has 0 atom stereocenters. The first kappa shape index (κ1) is 18.6. The first-order valence-electron chi connectivity index (χ1n) is 8.66. The van der Waals surface area contributed by atoms with Crippen LogP contribution < -0.4 is 4.74 Å². The molecule has 0 saturated heterocycles. The number of benzene rings is 2. The Morgan fingerprint density at radius 3 is 2.63 bits per heavy atom. The molecular weight excluding hydrogens is 347 g/mol. The molecule has 140 valence electrons. The number of carbonyl (C=O) groups excluding carboxylic acids is 1. The Labute approximate surface area is 157 Å². The molecule has 0 radical (unpaired) electrons. The summed E-state index contributed by atoms with van der Waals surface area (Å²) in [5.74, 6) is 0.0645. The van der Waals surface area contributed by atoms with Crippen molar-refractivity contribution in [2.24, 2.45) is 5.92 Å². The number of halogens is 1. The molecule has 0 unspecified atom stereocenters. The van der Waals surface area contributed by atoms with Crippen molar-refractivity contribution in [3.05, 3.63) is 66.1 Å². The maximum absolute atomic E-state index is 14.4. The zero-order valence-corrected chi connectivity index (χ0v) is 15.5. The van der Waals surface area contributed by atoms with E-state index in [2.05, 4.69) is 18.9 Å². The summed E-state index contributed by atoms with van der Waals surface area (Å²) in [6.07, 6.45) is 0. The molecule has 0 saturated carbocycles. The number of esters is 1. The normalized spacial score (nSPS) is 10.9. The van der Waals surface area contributed by atoms with Crippen molar-refractivity contribution >= 4 is 5.97 Å². The van der Waals surface area contributed by atoms with E-state index in [4.69, 9.17) is 9.47 Å². The van der Waals surface area contributed by atoms with Gasteiger partial charge in [0.25, 0.3) is 0 Å². The third-order valence-corrected chi connectivity index (χ3v) is 3.90. The third kappa shape index (κ3) is 4.16. The number of rotatable bonds is 6. The van der Waals surface area contributed by atoms with E-state index in [0.717, 1.165) is 5.56 Å². The fraction of sp³-hybridized carbons (Fsp3) is 0.238. The molecule has 0 aliphatic rings. The van der Waals surface area contributed by atoms with E-state index in [9.17, 15) is 9.18 Å². The van der Waals surface area contributed by atoms with Gasteiger partial charge in [0.2, 0.25) is 0 Å². The molecule has 27 heavy (non-hydrogen) atoms. The first-order valence-corrected chi connectivity index (χ1v) is 8.66. The molecule has 3 aromatic rings. The smallest absolute Gasteiger partial charge is 0.358 e. The number of hydrogen-bond acceptors (Lipinski definition) is 4. The highest BCUT2D eigenvalue weighted by Crippen LogP contribution is 2.28. The monoisotopic (exact) mass is 368 g/mol. The largest absolute Gasteiger partial charge is 0.493 e. The molecular formula is C21H21FN2O3. The fourth-order valence-corrected chi connectivity index (χ4v) is 2.61. The third-order valence-electron chi connectivity index (χ3n) is 3.90. The van der Waals surface area contributed by atoms with Crippen LogP contribution in [-0.4, -0.2) is 29.5 Å². The van der Waals surface area contributed by atoms with Crippen molar-refractivity contribution in [1.29, 1.82) is 0 Å². The summed E-state index contributed by atoms with van der Waals surface area (Å²) in [5.41, 5.74) is 1.66. The molecule has 1 heterocycles. The van der Waals surface area contributed by atoms with Crippen molar-refractivity contribution in [1.82, 2.24) is 9.78 Å². The van der Waals surface area contributed by atoms with Crippen LogP contribution in [0.25, 0.3) is 16.9 Å². The highest BCUT2D eigenvalue weighted by Gasteiger charge is 2.19. The second-order valence-electron chi connectivity index (χ2n) is 6.50. The predicted octanol–water partition coefficient (Wildman–Crippen LogP) is 4.50. The van der Waals surface area contributed by atoms with Crippen LogP contribution in [0.2, 0.25) is 0 Å². The van der Waals surface area contributed by atoms with Crippen LogP contribution in [0.3, 0.4) is 0 Å². The van der Waals surface area contributed by atoms with Gasteiger partial charge in [0.1, 0.15) is 17.3 Å². The van der Waals surface area contributed by atoms with E-state index in [-0.39, 0.29) is 11.4 Å². The van der Waals surface area contributed by atoms with Gasteiger partial charge in [0.05, 0.1) is 19.4 Å². The molecule has 0 amide bonds. The summed E-state index contributed by atoms with van der Waals surface area (Å²) in [6.45, 7) is 4.73. The standard InChI is InChI=1S/C21H21FN2O3/c1-14(2)13-27-16-8-6-7-15(11-16)20-12-18(21(25)26-3)23-24(20)19-10-5-4-9-17(19)22/h4-12,14H,13H2,1-3H3. The quantitative estimate of drug-likeness (QED) is 0.601. The van der Waals surface area contributed by atoms with Crippen molar-refractivity contribution in [3.8, 4) is 22.7 Å². The van der Waals surface area contributed by atoms with E-state index < -0.39 is 11.8 Å². The molecule has 5 nitrogen and oxygen atoms in total. The van der Waals surface area contributed by atoms with E-state index in [1.54, 1.807) is 24.3 Å². The Hall–Kier alpha value is -3.15. The molecule has 6 heteroatoms. The molecule has 1 aromatic heterocycles. The Bertz CT molecular complexity index is 950. The minimum absolute atomic E-state index is 0.101. The van der Waals surface area contributed by atoms with Crippen LogP contribution in [0.15, 0.2) is 54.6 Å². The molecule has 0 bridgehead atoms. The Kier molecular flexibility index (Phi) is 5.54. The van der Waals surface area contributed by atoms with Crippen molar-refractivity contribution in [2.45, 2.75) is 13.8 Å². The maximum atomic E-state index is 14.4. The van der Waals surface area contributed by atoms with Gasteiger partial charge in [0, 0.05) is 5.56 Å². The minimum Gasteiger partial charge on any atom is -0.493 e. The van der Waals surface area contributed by atoms with Crippen LogP contribution in [0, 0.1) is 11.7 Å². The number of hydrogen-bond donors (Lipinski definition) is 0. The van der Waals surface area contributed by atoms with E-state index in [1.165, 1.54) is 17.9 Å². The summed E-state index contributed by atoms with van der Waals surface area (Å²) in [6, 6.07) is 15.3. The number of carbonyl (C=O) groups is 1. The van der Waals surface area contributed by atoms with Crippen LogP contribution in [0.4, 0.5) is 4.39 Å². The van der Waals surface area contributed by atoms with Gasteiger partial charge in [-0.3, -0.25) is 0 Å². The number of aromatic nitrogens is 2. The van der Waals surface area contributed by atoms with E-state index in [0.29, 0.717) is 24.0 Å². The first-order chi connectivity index (χ1) is 13.0. The van der Waals surface area contributed by atoms with Gasteiger partial charge in [-0.25, -0.2) is 13.9 Å². The zero-order valence-electron chi connectivity index (χ0n) is 15.5. The van der Waals surface area contributed by atoms with E-state index in [1.807, 2.05) is 24.3 Å². The average Bonchev–Trinajstić information content (AvgIpc) is 3.11. The lowest BCUT2D eigenvalue weighted by Crippen LogP contribution is -2.06. The molecule has 0 aliphatic heterocycles. The van der Waals surface area contributed by atoms with Gasteiger partial charge in [-0.15, -0.1) is 0 Å². The summed E-state index contributed by atoms with van der Waals surface area (Å²) in [4.78, 5) is 12.0. The number of nitrogens with zero attached hydrogens (tertiary/aromatic N) is 2. The van der Waals surface area contributed by atoms with Crippen molar-refractivity contribution in [2.75, 3.05) is 13.7 Å². The van der Waals surface area contributed by atoms with Gasteiger partial charge in [-0.2, -0.15) is 5.10 Å². The second kappa shape index (κ2) is 8.03. The molecule has 2 aromatic carbocycles. The van der Waals surface area contributed by atoms with Gasteiger partial charge < -0.3 is 9.47 Å². The predicted molar refractivity (Wildman–Crippen MR) is 101 cm³/mol. The number of methoxy groups -OCH3 is 1. The van der Waals surface area contributed by atoms with Gasteiger partial charge in [-0.05, 0) is 36.2 Å². The van der Waals surface area contributed by atoms with Crippen LogP contribution in [0.5, 0.6) is 5.75 Å². The van der Waals surface area contributed by atoms with Crippen molar-refractivity contribution < 1.29 is 18.7 Å². The number of para-hydroxylation sites is 1. The van der Waals surface area contributed by atoms with Crippen LogP contribution in [0.1, 0.15) is 24.3 Å². The summed E-state index contributed by atoms with van der Waals surface area (Å²) in [7, 11) is 1.28. The highest BCUT2D eigenvalue weighted by atomic mass is 19.1. The molecule has 0 N–H and O–H groups in total. The lowest BCUT2D eigenvalue weighted by molar-refractivity contribution is 0.0593. The van der Waals surface area contributed by atoms with Crippen LogP contribution in [-0.2, 0) is 4.74 Å². The van der Waals surface area contributed by atoms with Crippen molar-refractivity contribution in [3.63, 3.8) is 0 Å². The van der Waals surface area contributed by atoms with Gasteiger partial charge in [-0.1, -0.05) is 38.1 Å². The fourth-order valence-electron chi connectivity index (χ4n) is 2.61. The topological polar surface area (TPSA) is 53.4 Å². The summed E-state index contributed by atoms with van der Waals surface area (Å²) in [5, 5.41) is 4.25. The molecule has 0 aliphatic carbocycles. The zero-order chi connectivity index (χ0) is 19.4. The Morgan fingerprint density at radius 1 is 1.15 bits per heavy atom. The Morgan fingerprint density at radius 2 is 1.93 bits per heavy atom. The summed E-state index contributed by atoms with van der Waals surface area (Å²) >= 11 is 0. The highest BCUT2D eigenvalue weighted by molar-refractivity contribution is 5.89. The van der Waals surface area contributed by atoms with Gasteiger partial charge in [0.15, 0.2) is 5.69 Å². The molecule has 0 spiro atoms. The molecule has 0 fully saturated rings. The van der Waals surface area contributed by atoms with Crippen LogP contribution >= 0.6 is 0 Å². The lowest BCUT2D eigenvalue weighted by atomic mass is 10.1. The number of ether oxygens (including phenoxy) is 2. The Balaban J connectivity index is 2.09. The SMILES string of the molecule is COC(=O)c1cc(-c2cccc(OCC(C)C)c2)n(-c2ccccc2F)n1. The van der Waals surface area contributed by atoms with Gasteiger partial charge >= 0.3 is 5.97 Å². The average molecular weight is 368 g/mol. The van der Waals surface area contributed by atoms with E-state index >= 15 is 0 Å². The molecule has 3 rings (SSSR count). The minimum atomic E-state index is -0.585. The second-order valence-corrected chi connectivity index (χ2v) is 6.50. The lowest BCUT2D eigenvalue weighted by Gasteiger charge is -2.11. The summed E-state index contributed by atoms with van der Waals surface area (Å²) < 4.78 is 26.3.